The van der Waals surface area contributed by atoms with Gasteiger partial charge in [0.05, 0.1) is 32.0 Å². The van der Waals surface area contributed by atoms with Crippen LogP contribution in [-0.2, 0) is 22.4 Å². The minimum Gasteiger partial charge on any atom is -0.378 e. The van der Waals surface area contributed by atoms with Crippen molar-refractivity contribution >= 4 is 17.1 Å². The van der Waals surface area contributed by atoms with Crippen LogP contribution in [0.3, 0.4) is 0 Å². The van der Waals surface area contributed by atoms with Crippen LogP contribution in [-0.4, -0.2) is 77.9 Å². The smallest absolute Gasteiger partial charge is 0.320 e. The summed E-state index contributed by atoms with van der Waals surface area (Å²) in [6.45, 7) is 9.59. The summed E-state index contributed by atoms with van der Waals surface area (Å²) in [7, 11) is 0. The van der Waals surface area contributed by atoms with Gasteiger partial charge in [0.1, 0.15) is 5.65 Å². The Morgan fingerprint density at radius 3 is 2.89 bits per heavy atom. The normalized spacial score (nSPS) is 22.9. The summed E-state index contributed by atoms with van der Waals surface area (Å²) in [6.07, 6.45) is 4.88. The largest absolute Gasteiger partial charge is 0.378 e. The van der Waals surface area contributed by atoms with E-state index in [-0.39, 0.29) is 18.2 Å². The summed E-state index contributed by atoms with van der Waals surface area (Å²) in [5, 5.41) is 4.79. The maximum Gasteiger partial charge on any atom is 0.320 e. The van der Waals surface area contributed by atoms with Crippen LogP contribution < -0.4 is 5.32 Å². The highest BCUT2D eigenvalue weighted by molar-refractivity contribution is 5.84. The summed E-state index contributed by atoms with van der Waals surface area (Å²) in [5.74, 6) is 0. The standard InChI is InChI=1S/C27H33N5O3/c1-17-12-29-26-22(17)11-21(13-30-26)20-9-19-3-5-31(27(33)32-6-8-35-18(2)14-32)15-24(19)23(10-20)25-16-34-7-4-28-25/h9-13,18,25,28H,3-8,14-16H2,1-2H3,(H,29,30)/t18-,25?/m0/s1. The zero-order valence-corrected chi connectivity index (χ0v) is 20.5. The van der Waals surface area contributed by atoms with Gasteiger partial charge in [0.25, 0.3) is 0 Å². The lowest BCUT2D eigenvalue weighted by Gasteiger charge is -2.38. The number of H-pyrrole nitrogens is 1. The Hall–Kier alpha value is -2.94. The number of aromatic nitrogens is 2. The second-order valence-electron chi connectivity index (χ2n) is 9.96. The first-order valence-corrected chi connectivity index (χ1v) is 12.6. The molecule has 8 heteroatoms. The molecule has 2 fully saturated rings. The number of urea groups is 1. The van der Waals surface area contributed by atoms with E-state index in [1.165, 1.54) is 27.8 Å². The average Bonchev–Trinajstić information content (AvgIpc) is 3.27. The lowest BCUT2D eigenvalue weighted by atomic mass is 9.87. The Kier molecular flexibility index (Phi) is 5.96. The molecule has 0 spiro atoms. The van der Waals surface area contributed by atoms with Crippen LogP contribution in [0.1, 0.15) is 35.2 Å². The predicted molar refractivity (Wildman–Crippen MR) is 134 cm³/mol. The Labute approximate surface area is 205 Å². The van der Waals surface area contributed by atoms with E-state index in [0.29, 0.717) is 32.8 Å². The highest BCUT2D eigenvalue weighted by atomic mass is 16.5. The number of carbonyl (C=O) groups is 1. The first-order valence-electron chi connectivity index (χ1n) is 12.6. The van der Waals surface area contributed by atoms with E-state index >= 15 is 0 Å². The molecule has 0 aliphatic carbocycles. The number of fused-ring (bicyclic) bond motifs is 2. The van der Waals surface area contributed by atoms with Gasteiger partial charge in [0.15, 0.2) is 0 Å². The third-order valence-corrected chi connectivity index (χ3v) is 7.53. The van der Waals surface area contributed by atoms with Crippen LogP contribution >= 0.6 is 0 Å². The predicted octanol–water partition coefficient (Wildman–Crippen LogP) is 3.40. The van der Waals surface area contributed by atoms with Gasteiger partial charge in [-0.3, -0.25) is 0 Å². The lowest BCUT2D eigenvalue weighted by Crippen LogP contribution is -2.51. The van der Waals surface area contributed by atoms with Crippen molar-refractivity contribution in [3.63, 3.8) is 0 Å². The fourth-order valence-electron chi connectivity index (χ4n) is 5.59. The van der Waals surface area contributed by atoms with Crippen molar-refractivity contribution in [3.8, 4) is 11.1 Å². The Morgan fingerprint density at radius 2 is 2.06 bits per heavy atom. The molecule has 2 saturated heterocycles. The van der Waals surface area contributed by atoms with E-state index in [1.54, 1.807) is 0 Å². The van der Waals surface area contributed by atoms with Gasteiger partial charge in [0.2, 0.25) is 0 Å². The molecule has 1 aromatic carbocycles. The SMILES string of the molecule is Cc1c[nH]c2ncc(-c3cc4c(c(C5COCCN5)c3)CN(C(=O)N3CCO[C@@H](C)C3)CC4)cc12. The summed E-state index contributed by atoms with van der Waals surface area (Å²) in [4.78, 5) is 25.2. The van der Waals surface area contributed by atoms with Gasteiger partial charge in [-0.05, 0) is 60.2 Å². The van der Waals surface area contributed by atoms with E-state index in [9.17, 15) is 4.79 Å². The van der Waals surface area contributed by atoms with Crippen molar-refractivity contribution in [1.29, 1.82) is 0 Å². The van der Waals surface area contributed by atoms with E-state index in [4.69, 9.17) is 9.47 Å². The van der Waals surface area contributed by atoms with Crippen molar-refractivity contribution < 1.29 is 14.3 Å². The molecular weight excluding hydrogens is 442 g/mol. The van der Waals surface area contributed by atoms with Crippen molar-refractivity contribution in [2.75, 3.05) is 46.0 Å². The molecule has 6 rings (SSSR count). The molecule has 0 bridgehead atoms. The molecule has 3 aliphatic rings. The summed E-state index contributed by atoms with van der Waals surface area (Å²) >= 11 is 0. The van der Waals surface area contributed by atoms with Crippen LogP contribution in [0.25, 0.3) is 22.2 Å². The second kappa shape index (κ2) is 9.26. The number of aromatic amines is 1. The Bertz CT molecular complexity index is 1250. The summed E-state index contributed by atoms with van der Waals surface area (Å²) in [6, 6.07) is 7.03. The minimum absolute atomic E-state index is 0.0843. The van der Waals surface area contributed by atoms with Crippen LogP contribution in [0.4, 0.5) is 4.79 Å². The summed E-state index contributed by atoms with van der Waals surface area (Å²) < 4.78 is 11.5. The number of pyridine rings is 1. The number of rotatable bonds is 2. The fourth-order valence-corrected chi connectivity index (χ4v) is 5.59. The van der Waals surface area contributed by atoms with E-state index in [2.05, 4.69) is 40.4 Å². The molecular formula is C27H33N5O3. The van der Waals surface area contributed by atoms with Gasteiger partial charge in [-0.2, -0.15) is 0 Å². The first-order chi connectivity index (χ1) is 17.1. The van der Waals surface area contributed by atoms with Crippen LogP contribution in [0.15, 0.2) is 30.6 Å². The van der Waals surface area contributed by atoms with E-state index < -0.39 is 0 Å². The third kappa shape index (κ3) is 4.30. The van der Waals surface area contributed by atoms with E-state index in [0.717, 1.165) is 42.7 Å². The Morgan fingerprint density at radius 1 is 1.14 bits per heavy atom. The molecule has 184 valence electrons. The molecule has 2 aromatic heterocycles. The molecule has 2 amide bonds. The zero-order chi connectivity index (χ0) is 23.9. The van der Waals surface area contributed by atoms with Gasteiger partial charge >= 0.3 is 6.03 Å². The Balaban J connectivity index is 1.36. The number of hydrogen-bond donors (Lipinski definition) is 2. The van der Waals surface area contributed by atoms with Crippen LogP contribution in [0, 0.1) is 6.92 Å². The zero-order valence-electron chi connectivity index (χ0n) is 20.5. The van der Waals surface area contributed by atoms with Crippen LogP contribution in [0.2, 0.25) is 0 Å². The quantitative estimate of drug-likeness (QED) is 0.594. The minimum atomic E-state index is 0.0843. The average molecular weight is 476 g/mol. The first kappa shape index (κ1) is 22.5. The fraction of sp³-hybridized carbons (Fsp3) is 0.481. The lowest BCUT2D eigenvalue weighted by molar-refractivity contribution is -0.00977. The molecule has 2 atom stereocenters. The van der Waals surface area contributed by atoms with Gasteiger partial charge in [-0.15, -0.1) is 0 Å². The number of ether oxygens (including phenoxy) is 2. The van der Waals surface area contributed by atoms with E-state index in [1.807, 2.05) is 29.1 Å². The number of nitrogens with zero attached hydrogens (tertiary/aromatic N) is 3. The molecule has 0 saturated carbocycles. The molecule has 3 aliphatic heterocycles. The molecule has 1 unspecified atom stereocenters. The van der Waals surface area contributed by atoms with Crippen molar-refractivity contribution in [1.82, 2.24) is 25.1 Å². The number of carbonyl (C=O) groups excluding carboxylic acids is 1. The third-order valence-electron chi connectivity index (χ3n) is 7.53. The molecule has 5 heterocycles. The molecule has 8 nitrogen and oxygen atoms in total. The van der Waals surface area contributed by atoms with Crippen molar-refractivity contribution in [2.24, 2.45) is 0 Å². The van der Waals surface area contributed by atoms with Crippen molar-refractivity contribution in [2.45, 2.75) is 39.0 Å². The van der Waals surface area contributed by atoms with Gasteiger partial charge < -0.3 is 29.6 Å². The molecule has 3 aromatic rings. The number of amides is 2. The van der Waals surface area contributed by atoms with Gasteiger partial charge in [0, 0.05) is 56.1 Å². The number of benzene rings is 1. The number of hydrogen-bond acceptors (Lipinski definition) is 5. The highest BCUT2D eigenvalue weighted by Gasteiger charge is 2.31. The molecule has 0 radical (unpaired) electrons. The number of morpholine rings is 2. The highest BCUT2D eigenvalue weighted by Crippen LogP contribution is 2.35. The topological polar surface area (TPSA) is 82.7 Å². The monoisotopic (exact) mass is 475 g/mol. The van der Waals surface area contributed by atoms with Crippen LogP contribution in [0.5, 0.6) is 0 Å². The number of nitrogens with one attached hydrogen (secondary N) is 2. The maximum absolute atomic E-state index is 13.4. The van der Waals surface area contributed by atoms with Gasteiger partial charge in [-0.25, -0.2) is 9.78 Å². The number of aryl methyl sites for hydroxylation is 1. The second-order valence-corrected chi connectivity index (χ2v) is 9.96. The maximum atomic E-state index is 13.4. The van der Waals surface area contributed by atoms with Crippen molar-refractivity contribution in [3.05, 3.63) is 52.8 Å². The summed E-state index contributed by atoms with van der Waals surface area (Å²) in [5.41, 5.74) is 8.19. The molecule has 2 N–H and O–H groups in total. The van der Waals surface area contributed by atoms with Gasteiger partial charge in [-0.1, -0.05) is 6.07 Å². The molecule has 35 heavy (non-hydrogen) atoms.